The molecule has 1 atom stereocenters. The van der Waals surface area contributed by atoms with Gasteiger partial charge in [-0.15, -0.1) is 5.10 Å². The molecule has 1 aromatic heterocycles. The highest BCUT2D eigenvalue weighted by Crippen LogP contribution is 2.29. The van der Waals surface area contributed by atoms with Gasteiger partial charge < -0.3 is 0 Å². The van der Waals surface area contributed by atoms with E-state index >= 15 is 0 Å². The predicted octanol–water partition coefficient (Wildman–Crippen LogP) is 3.77. The average molecular weight is 443 g/mol. The Morgan fingerprint density at radius 3 is 1.97 bits per heavy atom. The van der Waals surface area contributed by atoms with Crippen LogP contribution in [0, 0.1) is 5.82 Å². The summed E-state index contributed by atoms with van der Waals surface area (Å²) >= 11 is 0. The minimum atomic E-state index is -0.242. The molecule has 0 N–H and O–H groups in total. The minimum Gasteiger partial charge on any atom is -0.297 e. The largest absolute Gasteiger partial charge is 0.297 e. The molecule has 0 amide bonds. The summed E-state index contributed by atoms with van der Waals surface area (Å²) in [5, 5.41) is 12.7. The molecular weight excluding hydrogens is 415 g/mol. The molecule has 1 fully saturated rings. The molecule has 4 aromatic rings. The van der Waals surface area contributed by atoms with Crippen molar-refractivity contribution >= 4 is 0 Å². The Morgan fingerprint density at radius 2 is 1.33 bits per heavy atom. The molecule has 1 aliphatic heterocycles. The zero-order valence-corrected chi connectivity index (χ0v) is 18.5. The number of hydrogen-bond donors (Lipinski definition) is 0. The quantitative estimate of drug-likeness (QED) is 0.436. The van der Waals surface area contributed by atoms with E-state index in [0.29, 0.717) is 6.54 Å². The Labute approximate surface area is 193 Å². The topological polar surface area (TPSA) is 50.1 Å². The third-order valence-corrected chi connectivity index (χ3v) is 6.19. The summed E-state index contributed by atoms with van der Waals surface area (Å²) in [6.45, 7) is 5.20. The van der Waals surface area contributed by atoms with Crippen LogP contribution in [-0.2, 0) is 13.1 Å². The van der Waals surface area contributed by atoms with E-state index in [-0.39, 0.29) is 11.9 Å². The molecule has 5 rings (SSSR count). The van der Waals surface area contributed by atoms with Crippen molar-refractivity contribution in [2.45, 2.75) is 19.1 Å². The number of aromatic nitrogens is 4. The van der Waals surface area contributed by atoms with Crippen molar-refractivity contribution in [2.75, 3.05) is 26.2 Å². The number of nitrogens with zero attached hydrogens (tertiary/aromatic N) is 6. The summed E-state index contributed by atoms with van der Waals surface area (Å²) in [6, 6.07) is 27.3. The summed E-state index contributed by atoms with van der Waals surface area (Å²) < 4.78 is 15.6. The highest BCUT2D eigenvalue weighted by atomic mass is 19.1. The van der Waals surface area contributed by atoms with E-state index in [1.165, 1.54) is 17.7 Å². The fraction of sp³-hybridized carbons (Fsp3) is 0.269. The van der Waals surface area contributed by atoms with E-state index in [2.05, 4.69) is 61.7 Å². The molecule has 0 spiro atoms. The lowest BCUT2D eigenvalue weighted by atomic mass is 10.0. The molecule has 0 radical (unpaired) electrons. The second-order valence-corrected chi connectivity index (χ2v) is 8.43. The van der Waals surface area contributed by atoms with Crippen LogP contribution in [0.3, 0.4) is 0 Å². The lowest BCUT2D eigenvalue weighted by Gasteiger charge is -2.39. The smallest absolute Gasteiger partial charge is 0.173 e. The van der Waals surface area contributed by atoms with E-state index < -0.39 is 0 Å². The molecule has 2 heterocycles. The fourth-order valence-electron chi connectivity index (χ4n) is 4.47. The second-order valence-electron chi connectivity index (χ2n) is 8.43. The minimum absolute atomic E-state index is 0.136. The highest BCUT2D eigenvalue weighted by Gasteiger charge is 2.30. The molecular formula is C26H27FN6. The lowest BCUT2D eigenvalue weighted by molar-refractivity contribution is 0.100. The van der Waals surface area contributed by atoms with Crippen molar-refractivity contribution in [1.82, 2.24) is 30.0 Å². The standard InChI is InChI=1S/C26H27FN6/c27-24-13-11-23(12-14-24)25(26-28-29-30-33(26)20-22-9-5-2-6-10-22)32-17-15-31(16-18-32)19-21-7-3-1-4-8-21/h1-14,25H,15-20H2/t25-/m1/s1. The zero-order valence-electron chi connectivity index (χ0n) is 18.5. The summed E-state index contributed by atoms with van der Waals surface area (Å²) in [6.07, 6.45) is 0. The van der Waals surface area contributed by atoms with E-state index in [1.54, 1.807) is 0 Å². The molecule has 0 aliphatic carbocycles. The molecule has 1 saturated heterocycles. The van der Waals surface area contributed by atoms with Crippen LogP contribution in [-0.4, -0.2) is 56.2 Å². The van der Waals surface area contributed by atoms with Crippen molar-refractivity contribution in [3.05, 3.63) is 113 Å². The highest BCUT2D eigenvalue weighted by molar-refractivity contribution is 5.26. The van der Waals surface area contributed by atoms with Gasteiger partial charge in [0.25, 0.3) is 0 Å². The molecule has 168 valence electrons. The van der Waals surface area contributed by atoms with Gasteiger partial charge in [-0.1, -0.05) is 72.8 Å². The third-order valence-electron chi connectivity index (χ3n) is 6.19. The molecule has 3 aromatic carbocycles. The van der Waals surface area contributed by atoms with Crippen molar-refractivity contribution < 1.29 is 4.39 Å². The van der Waals surface area contributed by atoms with Gasteiger partial charge in [0.2, 0.25) is 0 Å². The van der Waals surface area contributed by atoms with E-state index in [9.17, 15) is 4.39 Å². The van der Waals surface area contributed by atoms with Crippen molar-refractivity contribution in [3.63, 3.8) is 0 Å². The third kappa shape index (κ3) is 5.16. The first kappa shape index (κ1) is 21.4. The normalized spacial score (nSPS) is 16.0. The van der Waals surface area contributed by atoms with Crippen molar-refractivity contribution in [1.29, 1.82) is 0 Å². The Morgan fingerprint density at radius 1 is 0.727 bits per heavy atom. The number of halogens is 1. The maximum absolute atomic E-state index is 13.7. The van der Waals surface area contributed by atoms with Crippen molar-refractivity contribution in [3.8, 4) is 0 Å². The summed E-state index contributed by atoms with van der Waals surface area (Å²) in [5.74, 6) is 0.538. The average Bonchev–Trinajstić information content (AvgIpc) is 3.30. The first-order valence-corrected chi connectivity index (χ1v) is 11.3. The number of tetrazole rings is 1. The second kappa shape index (κ2) is 10.0. The van der Waals surface area contributed by atoms with Crippen LogP contribution in [0.1, 0.15) is 28.6 Å². The molecule has 7 heteroatoms. The van der Waals surface area contributed by atoms with Crippen LogP contribution in [0.15, 0.2) is 84.9 Å². The van der Waals surface area contributed by atoms with Gasteiger partial charge in [-0.2, -0.15) is 0 Å². The van der Waals surface area contributed by atoms with Gasteiger partial charge in [-0.25, -0.2) is 9.07 Å². The van der Waals surface area contributed by atoms with Crippen LogP contribution in [0.4, 0.5) is 4.39 Å². The predicted molar refractivity (Wildman–Crippen MR) is 125 cm³/mol. The molecule has 0 bridgehead atoms. The summed E-state index contributed by atoms with van der Waals surface area (Å²) in [7, 11) is 0. The summed E-state index contributed by atoms with van der Waals surface area (Å²) in [4.78, 5) is 4.88. The molecule has 33 heavy (non-hydrogen) atoms. The SMILES string of the molecule is Fc1ccc([C@H](c2nnnn2Cc2ccccc2)N2CCN(Cc3ccccc3)CC2)cc1. The van der Waals surface area contributed by atoms with Crippen LogP contribution < -0.4 is 0 Å². The van der Waals surface area contributed by atoms with Gasteiger partial charge in [0, 0.05) is 32.7 Å². The van der Waals surface area contributed by atoms with Gasteiger partial charge in [0.1, 0.15) is 5.82 Å². The summed E-state index contributed by atoms with van der Waals surface area (Å²) in [5.41, 5.74) is 3.46. The number of piperazine rings is 1. The number of benzene rings is 3. The maximum Gasteiger partial charge on any atom is 0.173 e. The maximum atomic E-state index is 13.7. The molecule has 6 nitrogen and oxygen atoms in total. The van der Waals surface area contributed by atoms with Gasteiger partial charge in [-0.3, -0.25) is 9.80 Å². The van der Waals surface area contributed by atoms with Crippen molar-refractivity contribution in [2.24, 2.45) is 0 Å². The zero-order chi connectivity index (χ0) is 22.5. The number of rotatable bonds is 7. The van der Waals surface area contributed by atoms with Gasteiger partial charge in [-0.05, 0) is 39.2 Å². The number of hydrogen-bond acceptors (Lipinski definition) is 5. The molecule has 0 saturated carbocycles. The van der Waals surface area contributed by atoms with Crippen LogP contribution >= 0.6 is 0 Å². The Hall–Kier alpha value is -3.42. The Bertz CT molecular complexity index is 1140. The first-order valence-electron chi connectivity index (χ1n) is 11.3. The van der Waals surface area contributed by atoms with Crippen LogP contribution in [0.5, 0.6) is 0 Å². The van der Waals surface area contributed by atoms with E-state index in [4.69, 9.17) is 0 Å². The molecule has 1 aliphatic rings. The lowest BCUT2D eigenvalue weighted by Crippen LogP contribution is -2.48. The monoisotopic (exact) mass is 442 g/mol. The van der Waals surface area contributed by atoms with Gasteiger partial charge >= 0.3 is 0 Å². The van der Waals surface area contributed by atoms with E-state index in [0.717, 1.165) is 49.7 Å². The Balaban J connectivity index is 1.38. The molecule has 0 unspecified atom stereocenters. The van der Waals surface area contributed by atoms with E-state index in [1.807, 2.05) is 41.1 Å². The van der Waals surface area contributed by atoms with Gasteiger partial charge in [0.15, 0.2) is 5.82 Å². The Kier molecular flexibility index (Phi) is 6.51. The van der Waals surface area contributed by atoms with Crippen LogP contribution in [0.25, 0.3) is 0 Å². The van der Waals surface area contributed by atoms with Gasteiger partial charge in [0.05, 0.1) is 12.6 Å². The van der Waals surface area contributed by atoms with Crippen LogP contribution in [0.2, 0.25) is 0 Å². The fourth-order valence-corrected chi connectivity index (χ4v) is 4.47. The first-order chi connectivity index (χ1) is 16.3.